The molecule has 3 aliphatic heterocycles. The molecule has 3 fully saturated rings. The summed E-state index contributed by atoms with van der Waals surface area (Å²) < 4.78 is 0. The van der Waals surface area contributed by atoms with Gasteiger partial charge in [-0.2, -0.15) is 0 Å². The fourth-order valence-electron chi connectivity index (χ4n) is 3.59. The van der Waals surface area contributed by atoms with Crippen molar-refractivity contribution < 1.29 is 4.79 Å². The lowest BCUT2D eigenvalue weighted by Gasteiger charge is -2.44. The van der Waals surface area contributed by atoms with E-state index in [0.717, 1.165) is 17.8 Å². The lowest BCUT2D eigenvalue weighted by molar-refractivity contribution is 0.0620. The molecule has 5 nitrogen and oxygen atoms in total. The summed E-state index contributed by atoms with van der Waals surface area (Å²) in [7, 11) is 0. The van der Waals surface area contributed by atoms with E-state index in [1.807, 2.05) is 24.3 Å². The minimum Gasteiger partial charge on any atom is -0.348 e. The molecule has 0 spiro atoms. The van der Waals surface area contributed by atoms with Gasteiger partial charge in [0, 0.05) is 36.7 Å². The van der Waals surface area contributed by atoms with Gasteiger partial charge in [0.25, 0.3) is 5.91 Å². The van der Waals surface area contributed by atoms with Gasteiger partial charge in [-0.1, -0.05) is 0 Å². The monoisotopic (exact) mass is 308 g/mol. The van der Waals surface area contributed by atoms with Crippen LogP contribution in [0.4, 0.5) is 0 Å². The van der Waals surface area contributed by atoms with Crippen LogP contribution in [0.5, 0.6) is 0 Å². The van der Waals surface area contributed by atoms with Gasteiger partial charge < -0.3 is 10.2 Å². The summed E-state index contributed by atoms with van der Waals surface area (Å²) in [5.74, 6) is 0.612. The van der Waals surface area contributed by atoms with Crippen LogP contribution in [0, 0.1) is 5.92 Å². The average Bonchev–Trinajstić information content (AvgIpc) is 2.63. The van der Waals surface area contributed by atoms with Gasteiger partial charge in [0.15, 0.2) is 0 Å². The van der Waals surface area contributed by atoms with E-state index in [4.69, 9.17) is 0 Å². The molecule has 0 aliphatic carbocycles. The number of hydrogen-bond donors (Lipinski definition) is 1. The van der Waals surface area contributed by atoms with Crippen molar-refractivity contribution in [2.24, 2.45) is 5.92 Å². The quantitative estimate of drug-likeness (QED) is 0.942. The van der Waals surface area contributed by atoms with E-state index in [0.29, 0.717) is 11.5 Å². The number of nitrogens with zero attached hydrogens (tertiary/aromatic N) is 3. The van der Waals surface area contributed by atoms with Crippen LogP contribution < -0.4 is 5.32 Å². The summed E-state index contributed by atoms with van der Waals surface area (Å²) in [6, 6.07) is 7.84. The van der Waals surface area contributed by atoms with Crippen molar-refractivity contribution in [2.75, 3.05) is 19.6 Å². The molecule has 5 heterocycles. The zero-order valence-electron chi connectivity index (χ0n) is 13.0. The van der Waals surface area contributed by atoms with Gasteiger partial charge in [0.1, 0.15) is 0 Å². The van der Waals surface area contributed by atoms with E-state index in [2.05, 4.69) is 20.2 Å². The summed E-state index contributed by atoms with van der Waals surface area (Å²) in [4.78, 5) is 23.4. The number of amides is 1. The molecule has 1 N–H and O–H groups in total. The van der Waals surface area contributed by atoms with E-state index < -0.39 is 0 Å². The number of aromatic nitrogens is 2. The predicted molar refractivity (Wildman–Crippen MR) is 87.9 cm³/mol. The van der Waals surface area contributed by atoms with Gasteiger partial charge >= 0.3 is 0 Å². The highest BCUT2D eigenvalue weighted by Gasteiger charge is 2.34. The number of carbonyl (C=O) groups excluding carboxylic acids is 1. The minimum atomic E-state index is -0.0195. The normalized spacial score (nSPS) is 26.0. The highest BCUT2D eigenvalue weighted by molar-refractivity contribution is 5.94. The molecule has 2 aromatic heterocycles. The molecule has 0 radical (unpaired) electrons. The van der Waals surface area contributed by atoms with E-state index in [1.165, 1.54) is 25.9 Å². The third kappa shape index (κ3) is 2.97. The highest BCUT2D eigenvalue weighted by atomic mass is 16.1. The second-order valence-electron chi connectivity index (χ2n) is 6.39. The van der Waals surface area contributed by atoms with Crippen LogP contribution in [0.25, 0.3) is 11.3 Å². The Morgan fingerprint density at radius 2 is 2.04 bits per heavy atom. The Balaban J connectivity index is 1.45. The fraction of sp³-hybridized carbons (Fsp3) is 0.389. The van der Waals surface area contributed by atoms with Crippen molar-refractivity contribution in [1.29, 1.82) is 0 Å². The van der Waals surface area contributed by atoms with Gasteiger partial charge in [-0.25, -0.2) is 0 Å². The second-order valence-corrected chi connectivity index (χ2v) is 6.39. The van der Waals surface area contributed by atoms with Gasteiger partial charge in [0.05, 0.1) is 11.3 Å². The first-order chi connectivity index (χ1) is 11.3. The van der Waals surface area contributed by atoms with Crippen LogP contribution in [0.3, 0.4) is 0 Å². The maximum atomic E-state index is 12.5. The average molecular weight is 308 g/mol. The first-order valence-electron chi connectivity index (χ1n) is 8.19. The SMILES string of the molecule is O=C(NC1CN2CCC1CC2)c1ccc(-c2cccnc2)nc1. The number of pyridine rings is 2. The summed E-state index contributed by atoms with van der Waals surface area (Å²) in [6.07, 6.45) is 7.56. The van der Waals surface area contributed by atoms with Crippen LogP contribution in [0.1, 0.15) is 23.2 Å². The van der Waals surface area contributed by atoms with Crippen LogP contribution in [0.15, 0.2) is 42.9 Å². The number of fused-ring (bicyclic) bond motifs is 3. The summed E-state index contributed by atoms with van der Waals surface area (Å²) in [5.41, 5.74) is 2.41. The minimum absolute atomic E-state index is 0.0195. The zero-order valence-corrected chi connectivity index (χ0v) is 13.0. The number of nitrogens with one attached hydrogen (secondary N) is 1. The predicted octanol–water partition coefficient (Wildman–Crippen LogP) is 1.97. The van der Waals surface area contributed by atoms with Gasteiger partial charge in [0.2, 0.25) is 0 Å². The second kappa shape index (κ2) is 6.08. The Bertz CT molecular complexity index is 678. The van der Waals surface area contributed by atoms with Gasteiger partial charge in [-0.3, -0.25) is 14.8 Å². The van der Waals surface area contributed by atoms with Crippen molar-refractivity contribution in [3.63, 3.8) is 0 Å². The molecule has 3 aliphatic rings. The molecule has 2 bridgehead atoms. The van der Waals surface area contributed by atoms with E-state index in [9.17, 15) is 4.79 Å². The lowest BCUT2D eigenvalue weighted by Crippen LogP contribution is -2.57. The molecule has 1 amide bonds. The standard InChI is InChI=1S/C18H20N4O/c23-18(21-17-12-22-8-5-13(17)6-9-22)15-3-4-16(20-11-15)14-2-1-7-19-10-14/h1-4,7,10-11,13,17H,5-6,8-9,12H2,(H,21,23). The van der Waals surface area contributed by atoms with E-state index >= 15 is 0 Å². The van der Waals surface area contributed by atoms with Crippen molar-refractivity contribution in [2.45, 2.75) is 18.9 Å². The Morgan fingerprint density at radius 1 is 1.17 bits per heavy atom. The Hall–Kier alpha value is -2.27. The van der Waals surface area contributed by atoms with Crippen molar-refractivity contribution >= 4 is 5.91 Å². The molecule has 1 atom stereocenters. The molecule has 0 aromatic carbocycles. The number of carbonyl (C=O) groups is 1. The molecule has 0 saturated carbocycles. The third-order valence-electron chi connectivity index (χ3n) is 4.96. The molecule has 5 rings (SSSR count). The maximum absolute atomic E-state index is 12.5. The first kappa shape index (κ1) is 14.3. The topological polar surface area (TPSA) is 58.1 Å². The van der Waals surface area contributed by atoms with Gasteiger partial charge in [-0.15, -0.1) is 0 Å². The molecule has 3 saturated heterocycles. The smallest absolute Gasteiger partial charge is 0.253 e. The van der Waals surface area contributed by atoms with Crippen molar-refractivity contribution in [3.05, 3.63) is 48.4 Å². The molecule has 1 unspecified atom stereocenters. The Morgan fingerprint density at radius 3 is 2.65 bits per heavy atom. The molecular weight excluding hydrogens is 288 g/mol. The molecule has 23 heavy (non-hydrogen) atoms. The summed E-state index contributed by atoms with van der Waals surface area (Å²) in [6.45, 7) is 3.34. The first-order valence-corrected chi connectivity index (χ1v) is 8.19. The van der Waals surface area contributed by atoms with Crippen LogP contribution in [-0.2, 0) is 0 Å². The molecule has 118 valence electrons. The highest BCUT2D eigenvalue weighted by Crippen LogP contribution is 2.27. The Kier molecular flexibility index (Phi) is 3.79. The molecule has 2 aromatic rings. The third-order valence-corrected chi connectivity index (χ3v) is 4.96. The van der Waals surface area contributed by atoms with Gasteiger partial charge in [-0.05, 0) is 56.1 Å². The van der Waals surface area contributed by atoms with Crippen molar-refractivity contribution in [1.82, 2.24) is 20.2 Å². The lowest BCUT2D eigenvalue weighted by atomic mass is 9.84. The van der Waals surface area contributed by atoms with Crippen LogP contribution >= 0.6 is 0 Å². The Labute approximate surface area is 135 Å². The van der Waals surface area contributed by atoms with E-state index in [-0.39, 0.29) is 11.9 Å². The number of rotatable bonds is 3. The molecular formula is C18H20N4O. The fourth-order valence-corrected chi connectivity index (χ4v) is 3.59. The molecule has 5 heteroatoms. The number of piperidine rings is 3. The van der Waals surface area contributed by atoms with Crippen LogP contribution in [0.2, 0.25) is 0 Å². The largest absolute Gasteiger partial charge is 0.348 e. The summed E-state index contributed by atoms with van der Waals surface area (Å²) >= 11 is 0. The zero-order chi connectivity index (χ0) is 15.6. The van der Waals surface area contributed by atoms with E-state index in [1.54, 1.807) is 18.6 Å². The van der Waals surface area contributed by atoms with Crippen LogP contribution in [-0.4, -0.2) is 46.5 Å². The maximum Gasteiger partial charge on any atom is 0.253 e. The summed E-state index contributed by atoms with van der Waals surface area (Å²) in [5, 5.41) is 3.19. The number of hydrogen-bond acceptors (Lipinski definition) is 4. The van der Waals surface area contributed by atoms with Crippen molar-refractivity contribution in [3.8, 4) is 11.3 Å².